The number of benzene rings is 1. The predicted octanol–water partition coefficient (Wildman–Crippen LogP) is 1.30. The number of fused-ring (bicyclic) bond motifs is 1. The van der Waals surface area contributed by atoms with Crippen LogP contribution in [0.15, 0.2) is 30.5 Å². The molecule has 1 aromatic carbocycles. The Morgan fingerprint density at radius 2 is 1.74 bits per heavy atom. The van der Waals surface area contributed by atoms with E-state index in [9.17, 15) is 24.3 Å². The molecule has 10 nitrogen and oxygen atoms in total. The van der Waals surface area contributed by atoms with Crippen LogP contribution in [0.3, 0.4) is 0 Å². The van der Waals surface area contributed by atoms with Gasteiger partial charge in [0.05, 0.1) is 12.6 Å². The lowest BCUT2D eigenvalue weighted by Crippen LogP contribution is -2.54. The fourth-order valence-electron chi connectivity index (χ4n) is 3.82. The topological polar surface area (TPSA) is 166 Å². The molecule has 1 aromatic heterocycles. The highest BCUT2D eigenvalue weighted by Gasteiger charge is 2.28. The lowest BCUT2D eigenvalue weighted by Gasteiger charge is -2.22. The molecule has 4 atom stereocenters. The van der Waals surface area contributed by atoms with E-state index in [-0.39, 0.29) is 18.3 Å². The van der Waals surface area contributed by atoms with Gasteiger partial charge in [-0.1, -0.05) is 52.3 Å². The number of para-hydroxylation sites is 1. The van der Waals surface area contributed by atoms with E-state index in [0.717, 1.165) is 16.5 Å². The van der Waals surface area contributed by atoms with Crippen LogP contribution in [-0.2, 0) is 25.6 Å². The highest BCUT2D eigenvalue weighted by Crippen LogP contribution is 2.19. The smallest absolute Gasteiger partial charge is 0.326 e. The minimum atomic E-state index is -1.14. The number of H-pyrrole nitrogens is 1. The number of carboxylic acids is 1. The Balaban J connectivity index is 2.12. The summed E-state index contributed by atoms with van der Waals surface area (Å²) in [6, 6.07) is 4.79. The zero-order valence-corrected chi connectivity index (χ0v) is 20.8. The van der Waals surface area contributed by atoms with Crippen molar-refractivity contribution in [1.29, 1.82) is 0 Å². The number of aliphatic carboxylic acids is 1. The molecule has 2 rings (SSSR count). The van der Waals surface area contributed by atoms with E-state index in [1.54, 1.807) is 13.1 Å². The van der Waals surface area contributed by atoms with Crippen LogP contribution in [-0.4, -0.2) is 58.5 Å². The quantitative estimate of drug-likeness (QED) is 0.249. The summed E-state index contributed by atoms with van der Waals surface area (Å²) in [5, 5.41) is 18.0. The van der Waals surface area contributed by atoms with Crippen molar-refractivity contribution < 1.29 is 24.3 Å². The third-order valence-electron chi connectivity index (χ3n) is 6.01. The normalized spacial score (nSPS) is 14.7. The first-order chi connectivity index (χ1) is 16.5. The van der Waals surface area contributed by atoms with Crippen LogP contribution < -0.4 is 21.7 Å². The monoisotopic (exact) mass is 487 g/mol. The minimum Gasteiger partial charge on any atom is -0.480 e. The molecule has 0 saturated carbocycles. The van der Waals surface area contributed by atoms with Gasteiger partial charge in [0.25, 0.3) is 0 Å². The summed E-state index contributed by atoms with van der Waals surface area (Å²) in [5.74, 6) is -2.85. The Morgan fingerprint density at radius 1 is 1.06 bits per heavy atom. The van der Waals surface area contributed by atoms with Crippen molar-refractivity contribution >= 4 is 34.6 Å². The van der Waals surface area contributed by atoms with Crippen molar-refractivity contribution in [2.75, 3.05) is 6.54 Å². The van der Waals surface area contributed by atoms with Gasteiger partial charge in [-0.2, -0.15) is 0 Å². The van der Waals surface area contributed by atoms with Gasteiger partial charge in [-0.15, -0.1) is 0 Å². The lowest BCUT2D eigenvalue weighted by molar-refractivity contribution is -0.143. The summed E-state index contributed by atoms with van der Waals surface area (Å²) in [6.45, 7) is 7.04. The van der Waals surface area contributed by atoms with E-state index < -0.39 is 48.4 Å². The molecule has 7 N–H and O–H groups in total. The van der Waals surface area contributed by atoms with Gasteiger partial charge in [-0.05, 0) is 29.9 Å². The van der Waals surface area contributed by atoms with Gasteiger partial charge in [0.2, 0.25) is 17.7 Å². The van der Waals surface area contributed by atoms with Gasteiger partial charge >= 0.3 is 5.97 Å². The van der Waals surface area contributed by atoms with Crippen molar-refractivity contribution in [2.24, 2.45) is 17.6 Å². The zero-order valence-electron chi connectivity index (χ0n) is 20.8. The zero-order chi connectivity index (χ0) is 26.1. The summed E-state index contributed by atoms with van der Waals surface area (Å²) in [6.07, 6.45) is 2.99. The fraction of sp³-hybridized carbons (Fsp3) is 0.520. The van der Waals surface area contributed by atoms with Gasteiger partial charge in [0.1, 0.15) is 12.1 Å². The van der Waals surface area contributed by atoms with E-state index in [1.807, 2.05) is 45.0 Å². The second kappa shape index (κ2) is 12.9. The molecule has 192 valence electrons. The van der Waals surface area contributed by atoms with Crippen LogP contribution in [0.5, 0.6) is 0 Å². The third kappa shape index (κ3) is 8.10. The van der Waals surface area contributed by atoms with E-state index in [0.29, 0.717) is 12.8 Å². The number of amides is 3. The highest BCUT2D eigenvalue weighted by molar-refractivity contribution is 5.93. The maximum Gasteiger partial charge on any atom is 0.326 e. The molecule has 2 aromatic rings. The second-order valence-corrected chi connectivity index (χ2v) is 9.35. The van der Waals surface area contributed by atoms with Crippen molar-refractivity contribution in [1.82, 2.24) is 20.9 Å². The number of rotatable bonds is 13. The van der Waals surface area contributed by atoms with E-state index >= 15 is 0 Å². The van der Waals surface area contributed by atoms with Crippen LogP contribution in [0.25, 0.3) is 10.9 Å². The van der Waals surface area contributed by atoms with Crippen molar-refractivity contribution in [3.63, 3.8) is 0 Å². The number of carboxylic acid groups (broad SMARTS) is 1. The molecule has 0 bridgehead atoms. The standard InChI is InChI=1S/C25H37N5O5/c1-5-15(4)22(25(34)35)30-21(31)13-28-24(33)20(29-23(32)18(26)10-14(2)3)11-16-12-27-19-9-7-6-8-17(16)19/h6-9,12,14-15,18,20,22,27H,5,10-11,13,26H2,1-4H3,(H,28,33)(H,29,32)(H,30,31)(H,34,35). The van der Waals surface area contributed by atoms with E-state index in [1.165, 1.54) is 0 Å². The number of nitrogens with one attached hydrogen (secondary N) is 4. The minimum absolute atomic E-state index is 0.183. The van der Waals surface area contributed by atoms with Crippen molar-refractivity contribution in [2.45, 2.75) is 65.1 Å². The van der Waals surface area contributed by atoms with Crippen molar-refractivity contribution in [3.8, 4) is 0 Å². The maximum absolute atomic E-state index is 13.0. The Morgan fingerprint density at radius 3 is 2.37 bits per heavy atom. The number of hydrogen-bond acceptors (Lipinski definition) is 5. The molecule has 10 heteroatoms. The number of carbonyl (C=O) groups is 4. The van der Waals surface area contributed by atoms with Crippen LogP contribution in [0.1, 0.15) is 46.1 Å². The van der Waals surface area contributed by atoms with Crippen LogP contribution in [0.4, 0.5) is 0 Å². The van der Waals surface area contributed by atoms with Gasteiger partial charge in [-0.3, -0.25) is 14.4 Å². The average Bonchev–Trinajstić information content (AvgIpc) is 3.22. The molecule has 0 radical (unpaired) electrons. The molecule has 0 saturated heterocycles. The molecule has 0 spiro atoms. The number of nitrogens with two attached hydrogens (primary N) is 1. The molecule has 0 aliphatic heterocycles. The summed E-state index contributed by atoms with van der Waals surface area (Å²) < 4.78 is 0. The van der Waals surface area contributed by atoms with Gasteiger partial charge < -0.3 is 31.8 Å². The first kappa shape index (κ1) is 27.8. The molecular formula is C25H37N5O5. The van der Waals surface area contributed by atoms with Gasteiger partial charge in [0, 0.05) is 23.5 Å². The number of hydrogen-bond donors (Lipinski definition) is 6. The Bertz CT molecular complexity index is 1030. The Labute approximate surface area is 205 Å². The Kier molecular flexibility index (Phi) is 10.3. The predicted molar refractivity (Wildman–Crippen MR) is 133 cm³/mol. The molecule has 35 heavy (non-hydrogen) atoms. The summed E-state index contributed by atoms with van der Waals surface area (Å²) >= 11 is 0. The first-order valence-electron chi connectivity index (χ1n) is 11.9. The van der Waals surface area contributed by atoms with Crippen LogP contribution in [0.2, 0.25) is 0 Å². The molecule has 0 aliphatic rings. The summed E-state index contributed by atoms with van der Waals surface area (Å²) in [5.41, 5.74) is 7.73. The molecule has 4 unspecified atom stereocenters. The molecule has 0 aliphatic carbocycles. The summed E-state index contributed by atoms with van der Waals surface area (Å²) in [7, 11) is 0. The van der Waals surface area contributed by atoms with Gasteiger partial charge in [-0.25, -0.2) is 4.79 Å². The second-order valence-electron chi connectivity index (χ2n) is 9.35. The molecule has 1 heterocycles. The SMILES string of the molecule is CCC(C)C(NC(=O)CNC(=O)C(Cc1c[nH]c2ccccc12)NC(=O)C(N)CC(C)C)C(=O)O. The fourth-order valence-corrected chi connectivity index (χ4v) is 3.82. The molecular weight excluding hydrogens is 450 g/mol. The van der Waals surface area contributed by atoms with Crippen LogP contribution >= 0.6 is 0 Å². The van der Waals surface area contributed by atoms with Gasteiger partial charge in [0.15, 0.2) is 0 Å². The first-order valence-corrected chi connectivity index (χ1v) is 11.9. The number of aromatic nitrogens is 1. The van der Waals surface area contributed by atoms with Crippen LogP contribution in [0, 0.1) is 11.8 Å². The highest BCUT2D eigenvalue weighted by atomic mass is 16.4. The molecule has 3 amide bonds. The van der Waals surface area contributed by atoms with Crippen molar-refractivity contribution in [3.05, 3.63) is 36.0 Å². The van der Waals surface area contributed by atoms with E-state index in [4.69, 9.17) is 5.73 Å². The molecule has 0 fully saturated rings. The third-order valence-corrected chi connectivity index (χ3v) is 6.01. The largest absolute Gasteiger partial charge is 0.480 e. The Hall–Kier alpha value is -3.40. The lowest BCUT2D eigenvalue weighted by atomic mass is 9.99. The summed E-state index contributed by atoms with van der Waals surface area (Å²) in [4.78, 5) is 52.7. The average molecular weight is 488 g/mol. The maximum atomic E-state index is 13.0. The van der Waals surface area contributed by atoms with E-state index in [2.05, 4.69) is 20.9 Å². The number of aromatic amines is 1. The number of carbonyl (C=O) groups excluding carboxylic acids is 3.